The first-order valence-electron chi connectivity index (χ1n) is 6.40. The van der Waals surface area contributed by atoms with Crippen LogP contribution in [0, 0.1) is 0 Å². The molecule has 92 valence electrons. The second kappa shape index (κ2) is 5.71. The van der Waals surface area contributed by atoms with Crippen molar-refractivity contribution < 1.29 is 4.79 Å². The molecule has 1 aliphatic carbocycles. The topological polar surface area (TPSA) is 41.1 Å². The lowest BCUT2D eigenvalue weighted by Crippen LogP contribution is -2.44. The molecule has 0 radical (unpaired) electrons. The average Bonchev–Trinajstić information content (AvgIpc) is 2.36. The van der Waals surface area contributed by atoms with Crippen molar-refractivity contribution in [2.75, 3.05) is 6.54 Å². The van der Waals surface area contributed by atoms with Crippen molar-refractivity contribution >= 4 is 6.03 Å². The fourth-order valence-corrected chi connectivity index (χ4v) is 2.30. The van der Waals surface area contributed by atoms with Crippen molar-refractivity contribution in [3.05, 3.63) is 35.4 Å². The van der Waals surface area contributed by atoms with Crippen molar-refractivity contribution in [1.29, 1.82) is 0 Å². The molecular weight excluding hydrogens is 212 g/mol. The Labute approximate surface area is 103 Å². The zero-order chi connectivity index (χ0) is 12.1. The van der Waals surface area contributed by atoms with Crippen molar-refractivity contribution in [2.24, 2.45) is 0 Å². The predicted molar refractivity (Wildman–Crippen MR) is 69.1 cm³/mol. The number of urea groups is 1. The molecule has 1 aromatic rings. The summed E-state index contributed by atoms with van der Waals surface area (Å²) in [5, 5.41) is 5.90. The van der Waals surface area contributed by atoms with E-state index in [2.05, 4.69) is 41.8 Å². The first-order chi connectivity index (χ1) is 8.29. The van der Waals surface area contributed by atoms with E-state index in [1.165, 1.54) is 11.1 Å². The van der Waals surface area contributed by atoms with Crippen LogP contribution in [0.1, 0.15) is 30.9 Å². The SMILES string of the molecule is CCCNC(=O)NC1CCc2ccccc2C1. The van der Waals surface area contributed by atoms with E-state index in [4.69, 9.17) is 0 Å². The smallest absolute Gasteiger partial charge is 0.315 e. The lowest BCUT2D eigenvalue weighted by Gasteiger charge is -2.25. The summed E-state index contributed by atoms with van der Waals surface area (Å²) >= 11 is 0. The van der Waals surface area contributed by atoms with Gasteiger partial charge in [0.1, 0.15) is 0 Å². The summed E-state index contributed by atoms with van der Waals surface area (Å²) in [6, 6.07) is 8.74. The molecule has 1 aromatic carbocycles. The van der Waals surface area contributed by atoms with Crippen molar-refractivity contribution in [1.82, 2.24) is 10.6 Å². The predicted octanol–water partition coefficient (Wildman–Crippen LogP) is 2.25. The molecule has 17 heavy (non-hydrogen) atoms. The van der Waals surface area contributed by atoms with Crippen molar-refractivity contribution in [2.45, 2.75) is 38.6 Å². The van der Waals surface area contributed by atoms with Gasteiger partial charge in [0, 0.05) is 12.6 Å². The molecule has 1 unspecified atom stereocenters. The van der Waals surface area contributed by atoms with Crippen LogP contribution in [0.3, 0.4) is 0 Å². The Balaban J connectivity index is 1.88. The summed E-state index contributed by atoms with van der Waals surface area (Å²) in [7, 11) is 0. The van der Waals surface area contributed by atoms with Crippen LogP contribution < -0.4 is 10.6 Å². The van der Waals surface area contributed by atoms with Gasteiger partial charge in [0.05, 0.1) is 0 Å². The number of aryl methyl sites for hydroxylation is 1. The average molecular weight is 232 g/mol. The third kappa shape index (κ3) is 3.22. The normalized spacial score (nSPS) is 18.3. The summed E-state index contributed by atoms with van der Waals surface area (Å²) in [5.41, 5.74) is 2.80. The van der Waals surface area contributed by atoms with Gasteiger partial charge in [-0.3, -0.25) is 0 Å². The Kier molecular flexibility index (Phi) is 4.02. The maximum Gasteiger partial charge on any atom is 0.315 e. The zero-order valence-corrected chi connectivity index (χ0v) is 10.3. The van der Waals surface area contributed by atoms with Crippen LogP contribution in [0.4, 0.5) is 4.79 Å². The highest BCUT2D eigenvalue weighted by molar-refractivity contribution is 5.74. The molecule has 2 rings (SSSR count). The number of carbonyl (C=O) groups is 1. The van der Waals surface area contributed by atoms with Crippen LogP contribution in [-0.2, 0) is 12.8 Å². The molecule has 0 spiro atoms. The molecule has 1 aliphatic rings. The number of rotatable bonds is 3. The van der Waals surface area contributed by atoms with Gasteiger partial charge in [-0.1, -0.05) is 31.2 Å². The van der Waals surface area contributed by atoms with Crippen LogP contribution in [-0.4, -0.2) is 18.6 Å². The van der Waals surface area contributed by atoms with E-state index in [1.54, 1.807) is 0 Å². The number of carbonyl (C=O) groups excluding carboxylic acids is 1. The van der Waals surface area contributed by atoms with Crippen LogP contribution in [0.15, 0.2) is 24.3 Å². The van der Waals surface area contributed by atoms with Gasteiger partial charge in [-0.25, -0.2) is 4.79 Å². The van der Waals surface area contributed by atoms with Crippen LogP contribution in [0.5, 0.6) is 0 Å². The summed E-state index contributed by atoms with van der Waals surface area (Å²) in [5.74, 6) is 0. The highest BCUT2D eigenvalue weighted by atomic mass is 16.2. The molecule has 1 atom stereocenters. The van der Waals surface area contributed by atoms with Crippen LogP contribution >= 0.6 is 0 Å². The lowest BCUT2D eigenvalue weighted by molar-refractivity contribution is 0.235. The van der Waals surface area contributed by atoms with Crippen LogP contribution in [0.2, 0.25) is 0 Å². The van der Waals surface area contributed by atoms with Crippen molar-refractivity contribution in [3.8, 4) is 0 Å². The summed E-state index contributed by atoms with van der Waals surface area (Å²) in [6.07, 6.45) is 4.03. The molecular formula is C14H20N2O. The van der Waals surface area contributed by atoms with Gasteiger partial charge in [-0.2, -0.15) is 0 Å². The molecule has 0 bridgehead atoms. The standard InChI is InChI=1S/C14H20N2O/c1-2-9-15-14(17)16-13-8-7-11-5-3-4-6-12(11)10-13/h3-6,13H,2,7-10H2,1H3,(H2,15,16,17). The third-order valence-electron chi connectivity index (χ3n) is 3.22. The van der Waals surface area contributed by atoms with E-state index >= 15 is 0 Å². The van der Waals surface area contributed by atoms with Gasteiger partial charge in [-0.05, 0) is 36.8 Å². The Morgan fingerprint density at radius 3 is 2.88 bits per heavy atom. The second-order valence-corrected chi connectivity index (χ2v) is 4.61. The number of fused-ring (bicyclic) bond motifs is 1. The minimum Gasteiger partial charge on any atom is -0.338 e. The molecule has 3 heteroatoms. The monoisotopic (exact) mass is 232 g/mol. The number of hydrogen-bond donors (Lipinski definition) is 2. The third-order valence-corrected chi connectivity index (χ3v) is 3.22. The Morgan fingerprint density at radius 2 is 2.12 bits per heavy atom. The molecule has 0 heterocycles. The van der Waals surface area contributed by atoms with Crippen LogP contribution in [0.25, 0.3) is 0 Å². The summed E-state index contributed by atoms with van der Waals surface area (Å²) in [4.78, 5) is 11.6. The largest absolute Gasteiger partial charge is 0.338 e. The van der Waals surface area contributed by atoms with Gasteiger partial charge in [0.25, 0.3) is 0 Å². The first-order valence-corrected chi connectivity index (χ1v) is 6.40. The molecule has 0 fully saturated rings. The van der Waals surface area contributed by atoms with Gasteiger partial charge in [0.15, 0.2) is 0 Å². The molecule has 0 aromatic heterocycles. The van der Waals surface area contributed by atoms with Gasteiger partial charge >= 0.3 is 6.03 Å². The van der Waals surface area contributed by atoms with E-state index in [9.17, 15) is 4.79 Å². The quantitative estimate of drug-likeness (QED) is 0.824. The van der Waals surface area contributed by atoms with Gasteiger partial charge in [-0.15, -0.1) is 0 Å². The molecule has 2 N–H and O–H groups in total. The molecule has 3 nitrogen and oxygen atoms in total. The minimum absolute atomic E-state index is 0.0313. The molecule has 0 aliphatic heterocycles. The Morgan fingerprint density at radius 1 is 1.35 bits per heavy atom. The second-order valence-electron chi connectivity index (χ2n) is 4.61. The Hall–Kier alpha value is -1.51. The van der Waals surface area contributed by atoms with E-state index in [0.717, 1.165) is 32.2 Å². The van der Waals surface area contributed by atoms with Gasteiger partial charge in [0.2, 0.25) is 0 Å². The number of nitrogens with one attached hydrogen (secondary N) is 2. The molecule has 0 saturated heterocycles. The highest BCUT2D eigenvalue weighted by Gasteiger charge is 2.19. The Bertz CT molecular complexity index is 390. The van der Waals surface area contributed by atoms with Crippen molar-refractivity contribution in [3.63, 3.8) is 0 Å². The maximum absolute atomic E-state index is 11.6. The highest BCUT2D eigenvalue weighted by Crippen LogP contribution is 2.20. The molecule has 0 saturated carbocycles. The summed E-state index contributed by atoms with van der Waals surface area (Å²) < 4.78 is 0. The number of hydrogen-bond acceptors (Lipinski definition) is 1. The van der Waals surface area contributed by atoms with Gasteiger partial charge < -0.3 is 10.6 Å². The van der Waals surface area contributed by atoms with E-state index in [0.29, 0.717) is 0 Å². The van der Waals surface area contributed by atoms with E-state index in [1.807, 2.05) is 0 Å². The zero-order valence-electron chi connectivity index (χ0n) is 10.3. The maximum atomic E-state index is 11.6. The minimum atomic E-state index is -0.0313. The first kappa shape index (κ1) is 12.0. The summed E-state index contributed by atoms with van der Waals surface area (Å²) in [6.45, 7) is 2.80. The molecule has 2 amide bonds. The van der Waals surface area contributed by atoms with E-state index < -0.39 is 0 Å². The number of amides is 2. The number of benzene rings is 1. The fourth-order valence-electron chi connectivity index (χ4n) is 2.30. The fraction of sp³-hybridized carbons (Fsp3) is 0.500. The lowest BCUT2D eigenvalue weighted by atomic mass is 9.88. The van der Waals surface area contributed by atoms with E-state index in [-0.39, 0.29) is 12.1 Å².